The highest BCUT2D eigenvalue weighted by Gasteiger charge is 2.48. The van der Waals surface area contributed by atoms with Gasteiger partial charge in [0.15, 0.2) is 18.5 Å². The standard InChI is InChI=1S/C12H19NO8/c1-5(14)18-4-8-10(19-6(2)15)11(20-7(3)16)9(13)12(17)21-8/h8-12,17H,4,13H2,1-3H3/t8?,9?,10?,11?,12-/m1/s1. The number of carbonyl (C=O) groups is 3. The maximum Gasteiger partial charge on any atom is 0.303 e. The number of rotatable bonds is 4. The second-order valence-corrected chi connectivity index (χ2v) is 4.59. The molecule has 0 aromatic heterocycles. The maximum atomic E-state index is 11.2. The Morgan fingerprint density at radius 2 is 1.57 bits per heavy atom. The van der Waals surface area contributed by atoms with Gasteiger partial charge in [0.2, 0.25) is 0 Å². The van der Waals surface area contributed by atoms with Gasteiger partial charge in [-0.3, -0.25) is 14.4 Å². The molecule has 1 saturated heterocycles. The normalized spacial score (nSPS) is 32.1. The van der Waals surface area contributed by atoms with E-state index in [0.29, 0.717) is 0 Å². The molecule has 1 rings (SSSR count). The molecule has 1 aliphatic heterocycles. The molecule has 5 atom stereocenters. The first-order chi connectivity index (χ1) is 9.72. The SMILES string of the molecule is CC(=O)OCC1O[C@@H](O)C(N)C(OC(C)=O)C1OC(C)=O. The lowest BCUT2D eigenvalue weighted by atomic mass is 9.97. The van der Waals surface area contributed by atoms with Gasteiger partial charge in [0.05, 0.1) is 6.04 Å². The average Bonchev–Trinajstić information content (AvgIpc) is 2.35. The smallest absolute Gasteiger partial charge is 0.303 e. The number of carbonyl (C=O) groups excluding carboxylic acids is 3. The summed E-state index contributed by atoms with van der Waals surface area (Å²) in [6.07, 6.45) is -4.67. The van der Waals surface area contributed by atoms with E-state index in [1.54, 1.807) is 0 Å². The molecule has 0 spiro atoms. The zero-order valence-electron chi connectivity index (χ0n) is 12.0. The maximum absolute atomic E-state index is 11.2. The second-order valence-electron chi connectivity index (χ2n) is 4.59. The van der Waals surface area contributed by atoms with Gasteiger partial charge in [-0.25, -0.2) is 0 Å². The molecule has 21 heavy (non-hydrogen) atoms. The number of esters is 3. The zero-order valence-corrected chi connectivity index (χ0v) is 12.0. The molecular weight excluding hydrogens is 286 g/mol. The highest BCUT2D eigenvalue weighted by Crippen LogP contribution is 2.24. The highest BCUT2D eigenvalue weighted by molar-refractivity contribution is 5.67. The minimum Gasteiger partial charge on any atom is -0.463 e. The summed E-state index contributed by atoms with van der Waals surface area (Å²) in [6.45, 7) is 3.22. The lowest BCUT2D eigenvalue weighted by Crippen LogP contribution is -2.64. The molecule has 1 fully saturated rings. The lowest BCUT2D eigenvalue weighted by Gasteiger charge is -2.41. The summed E-state index contributed by atoms with van der Waals surface area (Å²) in [5.74, 6) is -1.89. The van der Waals surface area contributed by atoms with Gasteiger partial charge in [0, 0.05) is 20.8 Å². The quantitative estimate of drug-likeness (QED) is 0.468. The van der Waals surface area contributed by atoms with Crippen LogP contribution in [0, 0.1) is 0 Å². The van der Waals surface area contributed by atoms with E-state index in [9.17, 15) is 19.5 Å². The molecule has 0 aromatic rings. The van der Waals surface area contributed by atoms with E-state index in [-0.39, 0.29) is 6.61 Å². The molecule has 120 valence electrons. The van der Waals surface area contributed by atoms with E-state index in [4.69, 9.17) is 24.7 Å². The van der Waals surface area contributed by atoms with Crippen LogP contribution in [0.3, 0.4) is 0 Å². The van der Waals surface area contributed by atoms with Crippen molar-refractivity contribution < 1.29 is 38.4 Å². The lowest BCUT2D eigenvalue weighted by molar-refractivity contribution is -0.260. The van der Waals surface area contributed by atoms with Crippen LogP contribution >= 0.6 is 0 Å². The summed E-state index contributed by atoms with van der Waals surface area (Å²) in [6, 6.07) is -1.10. The molecule has 1 heterocycles. The molecule has 1 aliphatic rings. The first-order valence-electron chi connectivity index (χ1n) is 6.29. The van der Waals surface area contributed by atoms with Crippen LogP contribution in [-0.2, 0) is 33.3 Å². The third kappa shape index (κ3) is 4.96. The summed E-state index contributed by atoms with van der Waals surface area (Å²) < 4.78 is 20.0. The Morgan fingerprint density at radius 3 is 2.05 bits per heavy atom. The third-order valence-electron chi connectivity index (χ3n) is 2.77. The first kappa shape index (κ1) is 17.3. The largest absolute Gasteiger partial charge is 0.463 e. The molecule has 0 aromatic carbocycles. The first-order valence-corrected chi connectivity index (χ1v) is 6.29. The fourth-order valence-corrected chi connectivity index (χ4v) is 1.95. The fourth-order valence-electron chi connectivity index (χ4n) is 1.95. The van der Waals surface area contributed by atoms with E-state index < -0.39 is 48.6 Å². The van der Waals surface area contributed by atoms with Crippen LogP contribution in [0.25, 0.3) is 0 Å². The average molecular weight is 305 g/mol. The van der Waals surface area contributed by atoms with Crippen molar-refractivity contribution in [1.29, 1.82) is 0 Å². The molecule has 9 heteroatoms. The van der Waals surface area contributed by atoms with Crippen LogP contribution in [-0.4, -0.2) is 60.3 Å². The van der Waals surface area contributed by atoms with E-state index in [1.165, 1.54) is 6.92 Å². The van der Waals surface area contributed by atoms with Gasteiger partial charge in [0.1, 0.15) is 12.7 Å². The van der Waals surface area contributed by atoms with Crippen molar-refractivity contribution in [2.45, 2.75) is 51.4 Å². The predicted molar refractivity (Wildman–Crippen MR) is 66.6 cm³/mol. The van der Waals surface area contributed by atoms with Crippen molar-refractivity contribution in [3.05, 3.63) is 0 Å². The van der Waals surface area contributed by atoms with E-state index in [1.807, 2.05) is 0 Å². The number of ether oxygens (including phenoxy) is 4. The van der Waals surface area contributed by atoms with Crippen molar-refractivity contribution in [3.8, 4) is 0 Å². The number of hydrogen-bond donors (Lipinski definition) is 2. The van der Waals surface area contributed by atoms with Crippen LogP contribution in [0.15, 0.2) is 0 Å². The Bertz CT molecular complexity index is 412. The number of aliphatic hydroxyl groups excluding tert-OH is 1. The summed E-state index contributed by atoms with van der Waals surface area (Å²) >= 11 is 0. The van der Waals surface area contributed by atoms with Crippen LogP contribution in [0.5, 0.6) is 0 Å². The molecular formula is C12H19NO8. The van der Waals surface area contributed by atoms with Crippen molar-refractivity contribution in [2.24, 2.45) is 5.73 Å². The van der Waals surface area contributed by atoms with Crippen LogP contribution in [0.1, 0.15) is 20.8 Å². The molecule has 9 nitrogen and oxygen atoms in total. The van der Waals surface area contributed by atoms with Gasteiger partial charge in [-0.2, -0.15) is 0 Å². The van der Waals surface area contributed by atoms with Crippen molar-refractivity contribution >= 4 is 17.9 Å². The van der Waals surface area contributed by atoms with Crippen LogP contribution < -0.4 is 5.73 Å². The topological polar surface area (TPSA) is 134 Å². The Labute approximate surface area is 121 Å². The predicted octanol–water partition coefficient (Wildman–Crippen LogP) is -1.54. The van der Waals surface area contributed by atoms with E-state index >= 15 is 0 Å². The van der Waals surface area contributed by atoms with Gasteiger partial charge < -0.3 is 29.8 Å². The van der Waals surface area contributed by atoms with Crippen LogP contribution in [0.4, 0.5) is 0 Å². The summed E-state index contributed by atoms with van der Waals surface area (Å²) in [5.41, 5.74) is 5.70. The van der Waals surface area contributed by atoms with Gasteiger partial charge in [-0.1, -0.05) is 0 Å². The third-order valence-corrected chi connectivity index (χ3v) is 2.77. The monoisotopic (exact) mass is 305 g/mol. The fraction of sp³-hybridized carbons (Fsp3) is 0.750. The minimum absolute atomic E-state index is 0.283. The molecule has 0 saturated carbocycles. The van der Waals surface area contributed by atoms with Gasteiger partial charge in [0.25, 0.3) is 0 Å². The Hall–Kier alpha value is -1.71. The second kappa shape index (κ2) is 7.34. The van der Waals surface area contributed by atoms with Crippen molar-refractivity contribution in [2.75, 3.05) is 6.61 Å². The highest BCUT2D eigenvalue weighted by atomic mass is 16.7. The van der Waals surface area contributed by atoms with Gasteiger partial charge >= 0.3 is 17.9 Å². The molecule has 0 radical (unpaired) electrons. The zero-order chi connectivity index (χ0) is 16.2. The number of nitrogens with two attached hydrogens (primary N) is 1. The van der Waals surface area contributed by atoms with Crippen molar-refractivity contribution in [3.63, 3.8) is 0 Å². The number of aliphatic hydroxyl groups is 1. The summed E-state index contributed by atoms with van der Waals surface area (Å²) in [4.78, 5) is 33.2. The van der Waals surface area contributed by atoms with E-state index in [0.717, 1.165) is 13.8 Å². The van der Waals surface area contributed by atoms with Gasteiger partial charge in [-0.15, -0.1) is 0 Å². The number of hydrogen-bond acceptors (Lipinski definition) is 9. The molecule has 0 aliphatic carbocycles. The van der Waals surface area contributed by atoms with Gasteiger partial charge in [-0.05, 0) is 0 Å². The van der Waals surface area contributed by atoms with Crippen molar-refractivity contribution in [1.82, 2.24) is 0 Å². The Balaban J connectivity index is 2.94. The summed E-state index contributed by atoms with van der Waals surface area (Å²) in [7, 11) is 0. The molecule has 0 bridgehead atoms. The Morgan fingerprint density at radius 1 is 1.05 bits per heavy atom. The minimum atomic E-state index is -1.46. The molecule has 4 unspecified atom stereocenters. The molecule has 0 amide bonds. The Kier molecular flexibility index (Phi) is 6.06. The summed E-state index contributed by atoms with van der Waals surface area (Å²) in [5, 5.41) is 9.73. The van der Waals surface area contributed by atoms with E-state index in [2.05, 4.69) is 0 Å². The van der Waals surface area contributed by atoms with Crippen LogP contribution in [0.2, 0.25) is 0 Å². The molecule has 3 N–H and O–H groups in total.